The van der Waals surface area contributed by atoms with E-state index in [0.29, 0.717) is 25.1 Å². The van der Waals surface area contributed by atoms with Crippen LogP contribution in [0.3, 0.4) is 0 Å². The SMILES string of the molecule is O=C(OCC(=O)N1CCCC1=O)c1cn(-c2ccccc2)nc1-c1ccccc1. The van der Waals surface area contributed by atoms with E-state index in [2.05, 4.69) is 5.10 Å². The minimum atomic E-state index is -0.661. The summed E-state index contributed by atoms with van der Waals surface area (Å²) in [6.45, 7) is -0.105. The monoisotopic (exact) mass is 389 g/mol. The number of rotatable bonds is 5. The molecule has 4 rings (SSSR count). The Morgan fingerprint density at radius 2 is 1.69 bits per heavy atom. The second-order valence-electron chi connectivity index (χ2n) is 6.66. The van der Waals surface area contributed by atoms with E-state index in [0.717, 1.165) is 16.2 Å². The summed E-state index contributed by atoms with van der Waals surface area (Å²) in [6, 6.07) is 18.7. The molecule has 0 spiro atoms. The quantitative estimate of drug-likeness (QED) is 0.627. The highest BCUT2D eigenvalue weighted by atomic mass is 16.5. The molecule has 1 aliphatic rings. The topological polar surface area (TPSA) is 81.5 Å². The minimum Gasteiger partial charge on any atom is -0.452 e. The number of carbonyl (C=O) groups is 3. The Morgan fingerprint density at radius 3 is 2.34 bits per heavy atom. The summed E-state index contributed by atoms with van der Waals surface area (Å²) in [6.07, 6.45) is 2.58. The fourth-order valence-corrected chi connectivity index (χ4v) is 3.24. The molecule has 7 heteroatoms. The first-order valence-corrected chi connectivity index (χ1v) is 9.34. The molecule has 0 N–H and O–H groups in total. The highest BCUT2D eigenvalue weighted by molar-refractivity contribution is 6.00. The molecular weight excluding hydrogens is 370 g/mol. The standard InChI is InChI=1S/C22H19N3O4/c26-19-12-7-13-24(19)20(27)15-29-22(28)18-14-25(17-10-5-2-6-11-17)23-21(18)16-8-3-1-4-9-16/h1-6,8-11,14H,7,12-13,15H2. The first-order chi connectivity index (χ1) is 14.1. The van der Waals surface area contributed by atoms with Crippen molar-refractivity contribution in [2.24, 2.45) is 0 Å². The van der Waals surface area contributed by atoms with Crippen molar-refractivity contribution >= 4 is 17.8 Å². The lowest BCUT2D eigenvalue weighted by molar-refractivity contribution is -0.143. The van der Waals surface area contributed by atoms with Gasteiger partial charge in [-0.15, -0.1) is 0 Å². The number of benzene rings is 2. The van der Waals surface area contributed by atoms with E-state index in [1.54, 1.807) is 10.9 Å². The number of imide groups is 1. The van der Waals surface area contributed by atoms with Gasteiger partial charge in [-0.3, -0.25) is 14.5 Å². The van der Waals surface area contributed by atoms with Gasteiger partial charge in [0.05, 0.1) is 5.69 Å². The molecule has 0 bridgehead atoms. The number of hydrogen-bond donors (Lipinski definition) is 0. The van der Waals surface area contributed by atoms with Gasteiger partial charge in [0.1, 0.15) is 11.3 Å². The Hall–Kier alpha value is -3.74. The molecule has 2 heterocycles. The second-order valence-corrected chi connectivity index (χ2v) is 6.66. The fraction of sp³-hybridized carbons (Fsp3) is 0.182. The molecule has 146 valence electrons. The lowest BCUT2D eigenvalue weighted by atomic mass is 10.1. The van der Waals surface area contributed by atoms with E-state index < -0.39 is 18.5 Å². The molecule has 0 atom stereocenters. The Balaban J connectivity index is 1.59. The highest BCUT2D eigenvalue weighted by Gasteiger charge is 2.28. The molecule has 1 aliphatic heterocycles. The van der Waals surface area contributed by atoms with Crippen molar-refractivity contribution in [2.45, 2.75) is 12.8 Å². The lowest BCUT2D eigenvalue weighted by Gasteiger charge is -2.13. The van der Waals surface area contributed by atoms with Gasteiger partial charge >= 0.3 is 5.97 Å². The Bertz CT molecular complexity index is 1040. The predicted octanol–water partition coefficient (Wildman–Crippen LogP) is 2.85. The van der Waals surface area contributed by atoms with Crippen LogP contribution in [0, 0.1) is 0 Å². The van der Waals surface area contributed by atoms with Gasteiger partial charge in [-0.2, -0.15) is 5.10 Å². The smallest absolute Gasteiger partial charge is 0.342 e. The molecule has 7 nitrogen and oxygen atoms in total. The molecule has 29 heavy (non-hydrogen) atoms. The van der Waals surface area contributed by atoms with E-state index in [9.17, 15) is 14.4 Å². The van der Waals surface area contributed by atoms with Crippen LogP contribution in [0.15, 0.2) is 66.9 Å². The van der Waals surface area contributed by atoms with Gasteiger partial charge in [0, 0.05) is 24.7 Å². The van der Waals surface area contributed by atoms with E-state index in [1.807, 2.05) is 60.7 Å². The molecule has 0 radical (unpaired) electrons. The maximum Gasteiger partial charge on any atom is 0.342 e. The average Bonchev–Trinajstić information content (AvgIpc) is 3.40. The van der Waals surface area contributed by atoms with Crippen LogP contribution in [0.25, 0.3) is 16.9 Å². The average molecular weight is 389 g/mol. The number of carbonyl (C=O) groups excluding carboxylic acids is 3. The normalized spacial score (nSPS) is 13.5. The third-order valence-corrected chi connectivity index (χ3v) is 4.70. The van der Waals surface area contributed by atoms with Gasteiger partial charge < -0.3 is 4.74 Å². The van der Waals surface area contributed by atoms with E-state index in [4.69, 9.17) is 4.74 Å². The summed E-state index contributed by atoms with van der Waals surface area (Å²) in [7, 11) is 0. The van der Waals surface area contributed by atoms with Crippen molar-refractivity contribution in [3.05, 3.63) is 72.4 Å². The zero-order valence-corrected chi connectivity index (χ0v) is 15.7. The summed E-state index contributed by atoms with van der Waals surface area (Å²) >= 11 is 0. The third kappa shape index (κ3) is 3.94. The number of esters is 1. The van der Waals surface area contributed by atoms with Gasteiger partial charge in [0.15, 0.2) is 6.61 Å². The molecule has 2 aromatic carbocycles. The molecule has 1 fully saturated rings. The number of nitrogens with zero attached hydrogens (tertiary/aromatic N) is 3. The Kier molecular flexibility index (Phi) is 5.20. The number of amides is 2. The first-order valence-electron chi connectivity index (χ1n) is 9.34. The molecular formula is C22H19N3O4. The van der Waals surface area contributed by atoms with Gasteiger partial charge in [0.25, 0.3) is 5.91 Å². The van der Waals surface area contributed by atoms with Crippen molar-refractivity contribution in [3.63, 3.8) is 0 Å². The number of aromatic nitrogens is 2. The third-order valence-electron chi connectivity index (χ3n) is 4.70. The van der Waals surface area contributed by atoms with Crippen LogP contribution in [-0.4, -0.2) is 45.6 Å². The van der Waals surface area contributed by atoms with Crippen LogP contribution in [0.4, 0.5) is 0 Å². The summed E-state index contributed by atoms with van der Waals surface area (Å²) in [4.78, 5) is 37.8. The predicted molar refractivity (Wildman–Crippen MR) is 105 cm³/mol. The lowest BCUT2D eigenvalue weighted by Crippen LogP contribution is -2.35. The van der Waals surface area contributed by atoms with Crippen LogP contribution in [-0.2, 0) is 14.3 Å². The summed E-state index contributed by atoms with van der Waals surface area (Å²) in [5.41, 5.74) is 2.27. The molecule has 1 saturated heterocycles. The maximum absolute atomic E-state index is 12.8. The zero-order chi connectivity index (χ0) is 20.2. The number of likely N-dealkylation sites (tertiary alicyclic amines) is 1. The van der Waals surface area contributed by atoms with Crippen molar-refractivity contribution in [1.82, 2.24) is 14.7 Å². The largest absolute Gasteiger partial charge is 0.452 e. The van der Waals surface area contributed by atoms with E-state index in [-0.39, 0.29) is 11.5 Å². The second kappa shape index (κ2) is 8.10. The van der Waals surface area contributed by atoms with Crippen LogP contribution in [0.1, 0.15) is 23.2 Å². The van der Waals surface area contributed by atoms with Gasteiger partial charge in [-0.05, 0) is 18.6 Å². The molecule has 3 aromatic rings. The van der Waals surface area contributed by atoms with Crippen molar-refractivity contribution < 1.29 is 19.1 Å². The van der Waals surface area contributed by atoms with Crippen LogP contribution in [0.2, 0.25) is 0 Å². The molecule has 1 aromatic heterocycles. The first kappa shape index (κ1) is 18.6. The van der Waals surface area contributed by atoms with Crippen molar-refractivity contribution in [1.29, 1.82) is 0 Å². The van der Waals surface area contributed by atoms with Gasteiger partial charge in [-0.25, -0.2) is 9.48 Å². The van der Waals surface area contributed by atoms with Crippen LogP contribution < -0.4 is 0 Å². The fourth-order valence-electron chi connectivity index (χ4n) is 3.24. The van der Waals surface area contributed by atoms with Crippen LogP contribution >= 0.6 is 0 Å². The Morgan fingerprint density at radius 1 is 1.00 bits per heavy atom. The van der Waals surface area contributed by atoms with E-state index in [1.165, 1.54) is 0 Å². The summed E-state index contributed by atoms with van der Waals surface area (Å²) in [5, 5.41) is 4.55. The molecule has 0 unspecified atom stereocenters. The highest BCUT2D eigenvalue weighted by Crippen LogP contribution is 2.24. The number of para-hydroxylation sites is 1. The number of ether oxygens (including phenoxy) is 1. The minimum absolute atomic E-state index is 0.229. The summed E-state index contributed by atoms with van der Waals surface area (Å²) in [5.74, 6) is -1.39. The maximum atomic E-state index is 12.8. The zero-order valence-electron chi connectivity index (χ0n) is 15.7. The summed E-state index contributed by atoms with van der Waals surface area (Å²) < 4.78 is 6.83. The van der Waals surface area contributed by atoms with Crippen molar-refractivity contribution in [3.8, 4) is 16.9 Å². The van der Waals surface area contributed by atoms with Gasteiger partial charge in [-0.1, -0.05) is 48.5 Å². The molecule has 0 saturated carbocycles. The number of hydrogen-bond acceptors (Lipinski definition) is 5. The molecule has 2 amide bonds. The van der Waals surface area contributed by atoms with E-state index >= 15 is 0 Å². The molecule has 0 aliphatic carbocycles. The van der Waals surface area contributed by atoms with Crippen molar-refractivity contribution in [2.75, 3.05) is 13.2 Å². The van der Waals surface area contributed by atoms with Crippen LogP contribution in [0.5, 0.6) is 0 Å². The van der Waals surface area contributed by atoms with Gasteiger partial charge in [0.2, 0.25) is 5.91 Å². The Labute approximate surface area is 167 Å².